The van der Waals surface area contributed by atoms with E-state index in [0.29, 0.717) is 11.1 Å². The number of aryl methyl sites for hydroxylation is 2. The minimum absolute atomic E-state index is 0.00764. The minimum atomic E-state index is -1.13. The van der Waals surface area contributed by atoms with Crippen LogP contribution in [0.2, 0.25) is 0 Å². The number of benzene rings is 1. The van der Waals surface area contributed by atoms with Gasteiger partial charge in [0.2, 0.25) is 0 Å². The van der Waals surface area contributed by atoms with Gasteiger partial charge in [-0.2, -0.15) is 0 Å². The molecule has 1 N–H and O–H groups in total. The number of esters is 1. The van der Waals surface area contributed by atoms with Gasteiger partial charge in [-0.25, -0.2) is 9.59 Å². The Morgan fingerprint density at radius 1 is 1.11 bits per heavy atom. The number of Topliss-reactive ketones (excluding diaryl/α,β-unsaturated/α-hetero) is 1. The summed E-state index contributed by atoms with van der Waals surface area (Å²) >= 11 is 0. The molecule has 0 saturated heterocycles. The molecule has 0 heterocycles. The first-order valence-corrected chi connectivity index (χ1v) is 5.44. The first-order valence-electron chi connectivity index (χ1n) is 5.44. The highest BCUT2D eigenvalue weighted by Gasteiger charge is 2.22. The Hall–Kier alpha value is -2.17. The number of carboxylic acid groups (broad SMARTS) is 1. The number of hydrogen-bond donors (Lipinski definition) is 1. The molecule has 0 unspecified atom stereocenters. The van der Waals surface area contributed by atoms with Gasteiger partial charge in [0.05, 0.1) is 12.2 Å². The highest BCUT2D eigenvalue weighted by atomic mass is 16.5. The van der Waals surface area contributed by atoms with E-state index in [1.54, 1.807) is 26.8 Å². The van der Waals surface area contributed by atoms with Gasteiger partial charge in [-0.05, 0) is 38.0 Å². The van der Waals surface area contributed by atoms with Crippen LogP contribution in [0.1, 0.15) is 38.8 Å². The molecule has 1 aromatic rings. The Morgan fingerprint density at radius 2 is 1.67 bits per heavy atom. The summed E-state index contributed by atoms with van der Waals surface area (Å²) in [6.45, 7) is 4.97. The van der Waals surface area contributed by atoms with E-state index in [1.165, 1.54) is 6.07 Å². The summed E-state index contributed by atoms with van der Waals surface area (Å²) < 4.78 is 4.61. The van der Waals surface area contributed by atoms with Gasteiger partial charge in [-0.15, -0.1) is 0 Å². The van der Waals surface area contributed by atoms with E-state index in [2.05, 4.69) is 4.74 Å². The molecule has 0 spiro atoms. The van der Waals surface area contributed by atoms with E-state index in [4.69, 9.17) is 5.11 Å². The monoisotopic (exact) mass is 250 g/mol. The second-order valence-corrected chi connectivity index (χ2v) is 3.84. The van der Waals surface area contributed by atoms with Crippen molar-refractivity contribution in [1.82, 2.24) is 0 Å². The topological polar surface area (TPSA) is 80.7 Å². The van der Waals surface area contributed by atoms with Crippen LogP contribution in [0.4, 0.5) is 0 Å². The quantitative estimate of drug-likeness (QED) is 0.500. The molecule has 0 saturated carbocycles. The zero-order valence-electron chi connectivity index (χ0n) is 10.4. The van der Waals surface area contributed by atoms with Gasteiger partial charge >= 0.3 is 11.9 Å². The van der Waals surface area contributed by atoms with Crippen molar-refractivity contribution in [1.29, 1.82) is 0 Å². The van der Waals surface area contributed by atoms with E-state index in [1.807, 2.05) is 0 Å². The van der Waals surface area contributed by atoms with Crippen LogP contribution in [0.15, 0.2) is 12.1 Å². The number of carbonyl (C=O) groups is 3. The van der Waals surface area contributed by atoms with E-state index in [9.17, 15) is 14.4 Å². The lowest BCUT2D eigenvalue weighted by Gasteiger charge is -2.08. The molecule has 1 aromatic carbocycles. The number of ether oxygens (including phenoxy) is 1. The van der Waals surface area contributed by atoms with Crippen LogP contribution >= 0.6 is 0 Å². The summed E-state index contributed by atoms with van der Waals surface area (Å²) in [6.07, 6.45) is 0. The summed E-state index contributed by atoms with van der Waals surface area (Å²) in [7, 11) is 0. The molecule has 96 valence electrons. The fourth-order valence-corrected chi connectivity index (χ4v) is 1.63. The maximum Gasteiger partial charge on any atom is 0.379 e. The van der Waals surface area contributed by atoms with Gasteiger partial charge in [0.25, 0.3) is 5.78 Å². The van der Waals surface area contributed by atoms with Crippen molar-refractivity contribution in [2.45, 2.75) is 20.8 Å². The molecular weight excluding hydrogens is 236 g/mol. The molecule has 0 bridgehead atoms. The van der Waals surface area contributed by atoms with Crippen LogP contribution in [0.3, 0.4) is 0 Å². The van der Waals surface area contributed by atoms with Gasteiger partial charge < -0.3 is 9.84 Å². The summed E-state index contributed by atoms with van der Waals surface area (Å²) in [5, 5.41) is 8.98. The van der Waals surface area contributed by atoms with Gasteiger partial charge in [-0.1, -0.05) is 6.07 Å². The average molecular weight is 250 g/mol. The normalized spacial score (nSPS) is 9.94. The smallest absolute Gasteiger partial charge is 0.379 e. The van der Waals surface area contributed by atoms with E-state index < -0.39 is 17.7 Å². The molecule has 1 rings (SSSR count). The van der Waals surface area contributed by atoms with Crippen molar-refractivity contribution in [3.63, 3.8) is 0 Å². The number of ketones is 1. The molecular formula is C13H14O5. The second-order valence-electron chi connectivity index (χ2n) is 3.84. The third-order valence-corrected chi connectivity index (χ3v) is 2.51. The van der Waals surface area contributed by atoms with Crippen molar-refractivity contribution in [2.75, 3.05) is 6.61 Å². The Balaban J connectivity index is 3.24. The third-order valence-electron chi connectivity index (χ3n) is 2.51. The molecule has 0 amide bonds. The second kappa shape index (κ2) is 5.44. The molecule has 0 radical (unpaired) electrons. The maximum absolute atomic E-state index is 11.8. The average Bonchev–Trinajstić information content (AvgIpc) is 2.28. The van der Waals surface area contributed by atoms with Gasteiger partial charge in [0.1, 0.15) is 0 Å². The van der Waals surface area contributed by atoms with E-state index in [-0.39, 0.29) is 17.7 Å². The van der Waals surface area contributed by atoms with Gasteiger partial charge in [0, 0.05) is 5.56 Å². The molecule has 0 aliphatic carbocycles. The molecule has 0 aliphatic heterocycles. The van der Waals surface area contributed by atoms with Crippen LogP contribution in [-0.4, -0.2) is 29.4 Å². The van der Waals surface area contributed by atoms with Crippen molar-refractivity contribution in [3.05, 3.63) is 34.4 Å². The van der Waals surface area contributed by atoms with Gasteiger partial charge in [0.15, 0.2) is 0 Å². The molecule has 5 nitrogen and oxygen atoms in total. The highest BCUT2D eigenvalue weighted by molar-refractivity contribution is 6.41. The molecule has 18 heavy (non-hydrogen) atoms. The van der Waals surface area contributed by atoms with Crippen LogP contribution in [0.5, 0.6) is 0 Å². The summed E-state index contributed by atoms with van der Waals surface area (Å²) in [6, 6.07) is 2.78. The van der Waals surface area contributed by atoms with E-state index >= 15 is 0 Å². The molecule has 0 aromatic heterocycles. The molecule has 0 atom stereocenters. The lowest BCUT2D eigenvalue weighted by atomic mass is 9.97. The summed E-state index contributed by atoms with van der Waals surface area (Å²) in [4.78, 5) is 34.1. The van der Waals surface area contributed by atoms with E-state index in [0.717, 1.165) is 0 Å². The van der Waals surface area contributed by atoms with Crippen LogP contribution in [-0.2, 0) is 9.53 Å². The number of carboxylic acids is 1. The third kappa shape index (κ3) is 2.74. The number of hydrogen-bond acceptors (Lipinski definition) is 4. The molecule has 0 fully saturated rings. The predicted molar refractivity (Wildman–Crippen MR) is 63.8 cm³/mol. The Bertz CT molecular complexity index is 516. The summed E-state index contributed by atoms with van der Waals surface area (Å²) in [5.74, 6) is -2.93. The largest absolute Gasteiger partial charge is 0.478 e. The van der Waals surface area contributed by atoms with Crippen molar-refractivity contribution in [2.24, 2.45) is 0 Å². The standard InChI is InChI=1S/C13H14O5/c1-4-18-13(17)11(14)9-6-10(12(15)16)8(3)5-7(9)2/h5-6H,4H2,1-3H3,(H,15,16). The Kier molecular flexibility index (Phi) is 4.20. The number of aromatic carboxylic acids is 1. The fraction of sp³-hybridized carbons (Fsp3) is 0.308. The van der Waals surface area contributed by atoms with Crippen molar-refractivity contribution >= 4 is 17.7 Å². The maximum atomic E-state index is 11.8. The number of rotatable bonds is 4. The lowest BCUT2D eigenvalue weighted by molar-refractivity contribution is -0.137. The Labute approximate surface area is 104 Å². The van der Waals surface area contributed by atoms with Crippen molar-refractivity contribution < 1.29 is 24.2 Å². The van der Waals surface area contributed by atoms with Crippen LogP contribution < -0.4 is 0 Å². The highest BCUT2D eigenvalue weighted by Crippen LogP contribution is 2.17. The first kappa shape index (κ1) is 13.9. The molecule has 5 heteroatoms. The predicted octanol–water partition coefficient (Wildman–Crippen LogP) is 1.75. The van der Waals surface area contributed by atoms with Gasteiger partial charge in [-0.3, -0.25) is 4.79 Å². The fourth-order valence-electron chi connectivity index (χ4n) is 1.63. The van der Waals surface area contributed by atoms with Crippen molar-refractivity contribution in [3.8, 4) is 0 Å². The van der Waals surface area contributed by atoms with Crippen LogP contribution in [0, 0.1) is 13.8 Å². The minimum Gasteiger partial charge on any atom is -0.478 e. The molecule has 0 aliphatic rings. The Morgan fingerprint density at radius 3 is 2.17 bits per heavy atom. The zero-order chi connectivity index (χ0) is 13.9. The first-order chi connectivity index (χ1) is 8.38. The lowest BCUT2D eigenvalue weighted by Crippen LogP contribution is -2.19. The zero-order valence-corrected chi connectivity index (χ0v) is 10.4. The SMILES string of the molecule is CCOC(=O)C(=O)c1cc(C(=O)O)c(C)cc1C. The summed E-state index contributed by atoms with van der Waals surface area (Å²) in [5.41, 5.74) is 1.17. The number of carbonyl (C=O) groups excluding carboxylic acids is 2. The van der Waals surface area contributed by atoms with Crippen LogP contribution in [0.25, 0.3) is 0 Å².